The van der Waals surface area contributed by atoms with Gasteiger partial charge in [-0.3, -0.25) is 9.78 Å². The zero-order valence-corrected chi connectivity index (χ0v) is 16.2. The summed E-state index contributed by atoms with van der Waals surface area (Å²) < 4.78 is 12.6. The standard InChI is InChI=1S/C20H20N6O3/c1-12-17(19(27)25-13-5-4-8-21-10-13)18(26-20(24-12)22-11-23-26)15-9-14(28-2)6-7-16(15)29-3/h4-11,18H,1-3H3,(H,25,27)(H,22,23,24). The molecule has 0 saturated heterocycles. The van der Waals surface area contributed by atoms with Gasteiger partial charge in [0.1, 0.15) is 23.9 Å². The number of ether oxygens (including phenoxy) is 2. The second-order valence-electron chi connectivity index (χ2n) is 6.40. The molecule has 0 radical (unpaired) electrons. The molecule has 1 aliphatic heterocycles. The van der Waals surface area contributed by atoms with Crippen LogP contribution in [0.1, 0.15) is 18.5 Å². The van der Waals surface area contributed by atoms with Crippen LogP contribution in [-0.4, -0.2) is 39.9 Å². The average Bonchev–Trinajstić information content (AvgIpc) is 3.20. The van der Waals surface area contributed by atoms with Gasteiger partial charge in [0.25, 0.3) is 5.91 Å². The lowest BCUT2D eigenvalue weighted by Crippen LogP contribution is -2.31. The molecule has 4 rings (SSSR count). The average molecular weight is 392 g/mol. The maximum Gasteiger partial charge on any atom is 0.255 e. The van der Waals surface area contributed by atoms with Gasteiger partial charge < -0.3 is 20.1 Å². The number of benzene rings is 1. The van der Waals surface area contributed by atoms with Crippen molar-refractivity contribution in [2.45, 2.75) is 13.0 Å². The molecular formula is C20H20N6O3. The highest BCUT2D eigenvalue weighted by Gasteiger charge is 2.35. The van der Waals surface area contributed by atoms with Gasteiger partial charge in [0.05, 0.1) is 31.7 Å². The van der Waals surface area contributed by atoms with Crippen molar-refractivity contribution < 1.29 is 14.3 Å². The van der Waals surface area contributed by atoms with E-state index in [1.807, 2.05) is 13.0 Å². The number of hydrogen-bond acceptors (Lipinski definition) is 7. The first kappa shape index (κ1) is 18.5. The summed E-state index contributed by atoms with van der Waals surface area (Å²) in [6.07, 6.45) is 4.68. The fourth-order valence-corrected chi connectivity index (χ4v) is 3.36. The highest BCUT2D eigenvalue weighted by molar-refractivity contribution is 6.06. The fraction of sp³-hybridized carbons (Fsp3) is 0.200. The maximum atomic E-state index is 13.3. The van der Waals surface area contributed by atoms with Crippen LogP contribution in [0.2, 0.25) is 0 Å². The summed E-state index contributed by atoms with van der Waals surface area (Å²) in [7, 11) is 3.17. The van der Waals surface area contributed by atoms with Gasteiger partial charge in [0, 0.05) is 17.5 Å². The number of pyridine rings is 1. The van der Waals surface area contributed by atoms with Crippen LogP contribution in [0, 0.1) is 0 Å². The molecule has 2 N–H and O–H groups in total. The Hall–Kier alpha value is -3.88. The van der Waals surface area contributed by atoms with E-state index in [4.69, 9.17) is 9.47 Å². The minimum Gasteiger partial charge on any atom is -0.497 e. The molecule has 0 fully saturated rings. The lowest BCUT2D eigenvalue weighted by Gasteiger charge is -2.29. The van der Waals surface area contributed by atoms with Crippen LogP contribution in [-0.2, 0) is 4.79 Å². The van der Waals surface area contributed by atoms with Crippen molar-refractivity contribution in [1.29, 1.82) is 0 Å². The molecule has 3 heterocycles. The molecule has 1 unspecified atom stereocenters. The first-order chi connectivity index (χ1) is 14.1. The Morgan fingerprint density at radius 1 is 1.24 bits per heavy atom. The van der Waals surface area contributed by atoms with Crippen molar-refractivity contribution in [2.75, 3.05) is 24.9 Å². The summed E-state index contributed by atoms with van der Waals surface area (Å²) in [5.74, 6) is 1.51. The van der Waals surface area contributed by atoms with E-state index in [2.05, 4.69) is 25.7 Å². The van der Waals surface area contributed by atoms with E-state index < -0.39 is 6.04 Å². The quantitative estimate of drug-likeness (QED) is 0.688. The molecule has 1 amide bonds. The number of hydrogen-bond donors (Lipinski definition) is 2. The molecular weight excluding hydrogens is 372 g/mol. The summed E-state index contributed by atoms with van der Waals surface area (Å²) in [5.41, 5.74) is 2.48. The van der Waals surface area contributed by atoms with Crippen LogP contribution in [0.4, 0.5) is 11.6 Å². The topological polar surface area (TPSA) is 103 Å². The van der Waals surface area contributed by atoms with Crippen LogP contribution in [0.25, 0.3) is 0 Å². The lowest BCUT2D eigenvalue weighted by molar-refractivity contribution is -0.113. The highest BCUT2D eigenvalue weighted by atomic mass is 16.5. The summed E-state index contributed by atoms with van der Waals surface area (Å²) in [4.78, 5) is 21.6. The van der Waals surface area contributed by atoms with Gasteiger partial charge in [-0.05, 0) is 37.3 Å². The van der Waals surface area contributed by atoms with E-state index in [1.54, 1.807) is 55.6 Å². The Labute approximate surface area is 167 Å². The van der Waals surface area contributed by atoms with Crippen molar-refractivity contribution in [2.24, 2.45) is 0 Å². The van der Waals surface area contributed by atoms with Crippen molar-refractivity contribution in [3.05, 3.63) is 65.9 Å². The molecule has 9 heteroatoms. The van der Waals surface area contributed by atoms with Gasteiger partial charge in [0.2, 0.25) is 5.95 Å². The minimum atomic E-state index is -0.560. The monoisotopic (exact) mass is 392 g/mol. The van der Waals surface area contributed by atoms with E-state index in [-0.39, 0.29) is 5.91 Å². The summed E-state index contributed by atoms with van der Waals surface area (Å²) in [5, 5.41) is 10.4. The van der Waals surface area contributed by atoms with E-state index in [0.717, 1.165) is 5.56 Å². The number of nitrogens with one attached hydrogen (secondary N) is 2. The molecule has 1 aliphatic rings. The molecule has 0 saturated carbocycles. The van der Waals surface area contributed by atoms with Gasteiger partial charge in [-0.15, -0.1) is 0 Å². The molecule has 148 valence electrons. The molecule has 9 nitrogen and oxygen atoms in total. The number of nitrogens with zero attached hydrogens (tertiary/aromatic N) is 4. The zero-order chi connectivity index (χ0) is 20.4. The molecule has 29 heavy (non-hydrogen) atoms. The number of allylic oxidation sites excluding steroid dienone is 1. The molecule has 0 aliphatic carbocycles. The normalized spacial score (nSPS) is 15.3. The van der Waals surface area contributed by atoms with Crippen LogP contribution in [0.15, 0.2) is 60.3 Å². The number of anilines is 2. The first-order valence-electron chi connectivity index (χ1n) is 8.93. The Morgan fingerprint density at radius 2 is 2.10 bits per heavy atom. The Morgan fingerprint density at radius 3 is 2.83 bits per heavy atom. The first-order valence-corrected chi connectivity index (χ1v) is 8.93. The molecule has 3 aromatic rings. The van der Waals surface area contributed by atoms with E-state index in [1.165, 1.54) is 6.33 Å². The predicted octanol–water partition coefficient (Wildman–Crippen LogP) is 2.62. The van der Waals surface area contributed by atoms with Crippen molar-refractivity contribution >= 4 is 17.5 Å². The maximum absolute atomic E-state index is 13.3. The van der Waals surface area contributed by atoms with Crippen LogP contribution < -0.4 is 20.1 Å². The lowest BCUT2D eigenvalue weighted by atomic mass is 9.94. The number of aromatic nitrogens is 4. The number of amides is 1. The fourth-order valence-electron chi connectivity index (χ4n) is 3.36. The predicted molar refractivity (Wildman–Crippen MR) is 107 cm³/mol. The number of methoxy groups -OCH3 is 2. The summed E-state index contributed by atoms with van der Waals surface area (Å²) >= 11 is 0. The van der Waals surface area contributed by atoms with Crippen LogP contribution in [0.3, 0.4) is 0 Å². The second-order valence-corrected chi connectivity index (χ2v) is 6.40. The van der Waals surface area contributed by atoms with Gasteiger partial charge in [-0.2, -0.15) is 10.1 Å². The van der Waals surface area contributed by atoms with Crippen LogP contribution >= 0.6 is 0 Å². The van der Waals surface area contributed by atoms with Gasteiger partial charge in [0.15, 0.2) is 0 Å². The van der Waals surface area contributed by atoms with E-state index >= 15 is 0 Å². The molecule has 0 spiro atoms. The van der Waals surface area contributed by atoms with Gasteiger partial charge >= 0.3 is 0 Å². The largest absolute Gasteiger partial charge is 0.497 e. The SMILES string of the molecule is COc1ccc(OC)c(C2C(C(=O)Nc3cccnc3)=C(C)Nc3ncnn32)c1. The minimum absolute atomic E-state index is 0.279. The van der Waals surface area contributed by atoms with Gasteiger partial charge in [-0.25, -0.2) is 4.68 Å². The number of rotatable bonds is 5. The van der Waals surface area contributed by atoms with Crippen LogP contribution in [0.5, 0.6) is 11.5 Å². The Bertz CT molecular complexity index is 1080. The van der Waals surface area contributed by atoms with E-state index in [9.17, 15) is 4.79 Å². The zero-order valence-electron chi connectivity index (χ0n) is 16.2. The smallest absolute Gasteiger partial charge is 0.255 e. The molecule has 0 bridgehead atoms. The third-order valence-electron chi connectivity index (χ3n) is 4.69. The molecule has 1 aromatic carbocycles. The third kappa shape index (κ3) is 3.38. The van der Waals surface area contributed by atoms with Crippen molar-refractivity contribution in [1.82, 2.24) is 19.7 Å². The summed E-state index contributed by atoms with van der Waals surface area (Å²) in [6, 6.07) is 8.42. The Kier molecular flexibility index (Phi) is 4.86. The highest BCUT2D eigenvalue weighted by Crippen LogP contribution is 2.40. The molecule has 2 aromatic heterocycles. The number of carbonyl (C=O) groups excluding carboxylic acids is 1. The molecule has 1 atom stereocenters. The second kappa shape index (κ2) is 7.63. The van der Waals surface area contributed by atoms with E-state index in [0.29, 0.717) is 34.4 Å². The van der Waals surface area contributed by atoms with Crippen molar-refractivity contribution in [3.8, 4) is 11.5 Å². The van der Waals surface area contributed by atoms with Gasteiger partial charge in [-0.1, -0.05) is 0 Å². The Balaban J connectivity index is 1.84. The third-order valence-corrected chi connectivity index (χ3v) is 4.69. The number of carbonyl (C=O) groups is 1. The summed E-state index contributed by atoms with van der Waals surface area (Å²) in [6.45, 7) is 1.83. The number of fused-ring (bicyclic) bond motifs is 1. The van der Waals surface area contributed by atoms with Crippen molar-refractivity contribution in [3.63, 3.8) is 0 Å².